The van der Waals surface area contributed by atoms with E-state index in [4.69, 9.17) is 23.2 Å². The van der Waals surface area contributed by atoms with Crippen LogP contribution >= 0.6 is 23.2 Å². The highest BCUT2D eigenvalue weighted by Crippen LogP contribution is 2.24. The van der Waals surface area contributed by atoms with Crippen LogP contribution in [0.4, 0.5) is 4.39 Å². The minimum Gasteiger partial charge on any atom is -0.351 e. The smallest absolute Gasteiger partial charge is 0.252 e. The number of amides is 1. The molecule has 0 aliphatic carbocycles. The Hall–Kier alpha value is -0.890. The highest BCUT2D eigenvalue weighted by molar-refractivity contribution is 7.89. The molecule has 1 aliphatic heterocycles. The highest BCUT2D eigenvalue weighted by Gasteiger charge is 2.27. The van der Waals surface area contributed by atoms with Crippen LogP contribution in [0.15, 0.2) is 12.1 Å². The second-order valence-corrected chi connectivity index (χ2v) is 7.47. The van der Waals surface area contributed by atoms with E-state index in [0.717, 1.165) is 12.1 Å². The fourth-order valence-corrected chi connectivity index (χ4v) is 4.03. The molecule has 1 aromatic rings. The number of carbonyl (C=O) groups is 1. The number of hydrogen-bond donors (Lipinski definition) is 1. The van der Waals surface area contributed by atoms with Crippen molar-refractivity contribution in [2.45, 2.75) is 6.42 Å². The highest BCUT2D eigenvalue weighted by atomic mass is 35.5. The molecule has 1 amide bonds. The second-order valence-electron chi connectivity index (χ2n) is 4.57. The molecule has 116 valence electrons. The van der Waals surface area contributed by atoms with E-state index in [2.05, 4.69) is 5.32 Å². The maximum absolute atomic E-state index is 13.3. The maximum atomic E-state index is 13.3. The van der Waals surface area contributed by atoms with E-state index < -0.39 is 21.7 Å². The molecule has 0 saturated carbocycles. The average Bonchev–Trinajstić information content (AvgIpc) is 2.73. The molecule has 1 N–H and O–H groups in total. The van der Waals surface area contributed by atoms with Crippen LogP contribution in [0, 0.1) is 5.82 Å². The third-order valence-corrected chi connectivity index (χ3v) is 5.66. The Labute approximate surface area is 132 Å². The van der Waals surface area contributed by atoms with Crippen LogP contribution < -0.4 is 5.32 Å². The summed E-state index contributed by atoms with van der Waals surface area (Å²) in [6, 6.07) is 2.10. The zero-order valence-electron chi connectivity index (χ0n) is 10.9. The summed E-state index contributed by atoms with van der Waals surface area (Å²) in [6.45, 7) is 0.759. The van der Waals surface area contributed by atoms with Gasteiger partial charge >= 0.3 is 0 Å². The summed E-state index contributed by atoms with van der Waals surface area (Å²) in [7, 11) is -3.19. The molecular formula is C12H13Cl2FN2O3S. The molecule has 9 heteroatoms. The molecule has 0 unspecified atom stereocenters. The largest absolute Gasteiger partial charge is 0.351 e. The number of nitrogens with zero attached hydrogens (tertiary/aromatic N) is 1. The first-order valence-electron chi connectivity index (χ1n) is 6.22. The number of carbonyl (C=O) groups excluding carboxylic acids is 1. The monoisotopic (exact) mass is 354 g/mol. The van der Waals surface area contributed by atoms with Crippen molar-refractivity contribution in [1.29, 1.82) is 0 Å². The van der Waals surface area contributed by atoms with Gasteiger partial charge in [-0.15, -0.1) is 0 Å². The Balaban J connectivity index is 1.95. The molecular weight excluding hydrogens is 342 g/mol. The van der Waals surface area contributed by atoms with Gasteiger partial charge in [-0.05, 0) is 18.6 Å². The van der Waals surface area contributed by atoms with E-state index in [0.29, 0.717) is 13.0 Å². The van der Waals surface area contributed by atoms with E-state index in [9.17, 15) is 17.6 Å². The second kappa shape index (κ2) is 6.48. The van der Waals surface area contributed by atoms with Crippen LogP contribution in [0.25, 0.3) is 0 Å². The Kier molecular flexibility index (Phi) is 5.08. The predicted molar refractivity (Wildman–Crippen MR) is 78.7 cm³/mol. The summed E-state index contributed by atoms with van der Waals surface area (Å²) < 4.78 is 37.8. The summed E-state index contributed by atoms with van der Waals surface area (Å²) in [5, 5.41) is 2.38. The van der Waals surface area contributed by atoms with E-state index >= 15 is 0 Å². The third-order valence-electron chi connectivity index (χ3n) is 3.10. The van der Waals surface area contributed by atoms with Gasteiger partial charge in [-0.25, -0.2) is 17.1 Å². The summed E-state index contributed by atoms with van der Waals surface area (Å²) in [4.78, 5) is 11.9. The summed E-state index contributed by atoms with van der Waals surface area (Å²) >= 11 is 11.4. The fourth-order valence-electron chi connectivity index (χ4n) is 2.03. The number of hydrogen-bond acceptors (Lipinski definition) is 3. The third kappa shape index (κ3) is 3.85. The van der Waals surface area contributed by atoms with E-state index in [1.165, 1.54) is 4.31 Å². The number of halogens is 3. The van der Waals surface area contributed by atoms with Crippen molar-refractivity contribution in [3.8, 4) is 0 Å². The van der Waals surface area contributed by atoms with Crippen molar-refractivity contribution in [3.05, 3.63) is 33.6 Å². The van der Waals surface area contributed by atoms with E-state index in [1.807, 2.05) is 0 Å². The van der Waals surface area contributed by atoms with Gasteiger partial charge in [0.2, 0.25) is 10.0 Å². The van der Waals surface area contributed by atoms with Crippen molar-refractivity contribution in [2.75, 3.05) is 25.4 Å². The van der Waals surface area contributed by atoms with Gasteiger partial charge in [-0.1, -0.05) is 23.2 Å². The van der Waals surface area contributed by atoms with Crippen LogP contribution in [-0.4, -0.2) is 44.0 Å². The van der Waals surface area contributed by atoms with E-state index in [-0.39, 0.29) is 34.5 Å². The maximum Gasteiger partial charge on any atom is 0.252 e. The first-order chi connectivity index (χ1) is 9.81. The van der Waals surface area contributed by atoms with Crippen molar-refractivity contribution < 1.29 is 17.6 Å². The lowest BCUT2D eigenvalue weighted by molar-refractivity contribution is 0.0951. The van der Waals surface area contributed by atoms with Crippen LogP contribution in [0.3, 0.4) is 0 Å². The first kappa shape index (κ1) is 16.5. The summed E-state index contributed by atoms with van der Waals surface area (Å²) in [5.74, 6) is -1.18. The Bertz CT molecular complexity index is 667. The first-order valence-corrected chi connectivity index (χ1v) is 8.58. The fraction of sp³-hybridized carbons (Fsp3) is 0.417. The molecule has 0 spiro atoms. The molecule has 0 atom stereocenters. The van der Waals surface area contributed by atoms with Crippen LogP contribution in [0.2, 0.25) is 10.0 Å². The molecule has 21 heavy (non-hydrogen) atoms. The number of sulfonamides is 1. The molecule has 1 heterocycles. The van der Waals surface area contributed by atoms with Crippen molar-refractivity contribution in [1.82, 2.24) is 9.62 Å². The van der Waals surface area contributed by atoms with E-state index in [1.54, 1.807) is 0 Å². The van der Waals surface area contributed by atoms with Gasteiger partial charge in [0.1, 0.15) is 5.82 Å². The number of nitrogens with one attached hydrogen (secondary N) is 1. The normalized spacial score (nSPS) is 17.9. The number of rotatable bonds is 4. The standard InChI is InChI=1S/C12H13Cl2FN2O3S/c13-9-7-10(14)11(15)6-8(9)12(18)16-2-4-17-3-1-5-21(17,19)20/h6-7H,1-5H2,(H,16,18). The lowest BCUT2D eigenvalue weighted by Gasteiger charge is -2.14. The lowest BCUT2D eigenvalue weighted by Crippen LogP contribution is -2.36. The van der Waals surface area contributed by atoms with Crippen molar-refractivity contribution in [2.24, 2.45) is 0 Å². The zero-order valence-corrected chi connectivity index (χ0v) is 13.2. The molecule has 1 aromatic carbocycles. The molecule has 0 aromatic heterocycles. The number of benzene rings is 1. The van der Waals surface area contributed by atoms with Gasteiger partial charge < -0.3 is 5.32 Å². The van der Waals surface area contributed by atoms with Gasteiger partial charge in [0.05, 0.1) is 21.4 Å². The van der Waals surface area contributed by atoms with Gasteiger partial charge in [0.25, 0.3) is 5.91 Å². The van der Waals surface area contributed by atoms with Crippen LogP contribution in [0.1, 0.15) is 16.8 Å². The minimum atomic E-state index is -3.19. The Morgan fingerprint density at radius 2 is 2.05 bits per heavy atom. The molecule has 1 fully saturated rings. The summed E-state index contributed by atoms with van der Waals surface area (Å²) in [6.07, 6.45) is 0.588. The van der Waals surface area contributed by atoms with Gasteiger partial charge in [-0.2, -0.15) is 0 Å². The molecule has 5 nitrogen and oxygen atoms in total. The van der Waals surface area contributed by atoms with Gasteiger partial charge in [-0.3, -0.25) is 4.79 Å². The molecule has 2 rings (SSSR count). The van der Waals surface area contributed by atoms with Gasteiger partial charge in [0.15, 0.2) is 0 Å². The van der Waals surface area contributed by atoms with Crippen molar-refractivity contribution >= 4 is 39.1 Å². The van der Waals surface area contributed by atoms with Gasteiger partial charge in [0, 0.05) is 19.6 Å². The summed E-state index contributed by atoms with van der Waals surface area (Å²) in [5.41, 5.74) is -0.0390. The lowest BCUT2D eigenvalue weighted by atomic mass is 10.2. The van der Waals surface area contributed by atoms with Crippen LogP contribution in [-0.2, 0) is 10.0 Å². The predicted octanol–water partition coefficient (Wildman–Crippen LogP) is 1.90. The zero-order chi connectivity index (χ0) is 15.6. The molecule has 1 saturated heterocycles. The topological polar surface area (TPSA) is 66.5 Å². The van der Waals surface area contributed by atoms with Crippen molar-refractivity contribution in [3.63, 3.8) is 0 Å². The molecule has 1 aliphatic rings. The SMILES string of the molecule is O=C(NCCN1CCCS1(=O)=O)c1cc(F)c(Cl)cc1Cl. The van der Waals surface area contributed by atoms with Crippen LogP contribution in [0.5, 0.6) is 0 Å². The Morgan fingerprint density at radius 3 is 2.67 bits per heavy atom. The average molecular weight is 355 g/mol. The molecule has 0 radical (unpaired) electrons. The quantitative estimate of drug-likeness (QED) is 0.839. The Morgan fingerprint density at radius 1 is 1.33 bits per heavy atom. The molecule has 0 bridgehead atoms. The minimum absolute atomic E-state index is 0.0349.